The van der Waals surface area contributed by atoms with Gasteiger partial charge in [-0.2, -0.15) is 0 Å². The molecule has 0 saturated heterocycles. The highest BCUT2D eigenvalue weighted by Crippen LogP contribution is 2.31. The van der Waals surface area contributed by atoms with Crippen LogP contribution in [0.25, 0.3) is 0 Å². The van der Waals surface area contributed by atoms with E-state index in [-0.39, 0.29) is 17.0 Å². The maximum atomic E-state index is 11.4. The zero-order valence-electron chi connectivity index (χ0n) is 8.70. The van der Waals surface area contributed by atoms with Crippen molar-refractivity contribution in [1.29, 1.82) is 0 Å². The Morgan fingerprint density at radius 1 is 1.41 bits per heavy atom. The average Bonchev–Trinajstić information content (AvgIpc) is 2.21. The zero-order chi connectivity index (χ0) is 13.2. The van der Waals surface area contributed by atoms with E-state index in [4.69, 9.17) is 5.11 Å². The summed E-state index contributed by atoms with van der Waals surface area (Å²) in [7, 11) is -3.52. The second kappa shape index (κ2) is 5.36. The molecule has 0 saturated carbocycles. The first-order chi connectivity index (χ1) is 7.76. The van der Waals surface area contributed by atoms with E-state index < -0.39 is 16.0 Å². The molecule has 0 aliphatic rings. The molecule has 0 amide bonds. The first-order valence-corrected chi connectivity index (χ1v) is 7.73. The second-order valence-corrected chi connectivity index (χ2v) is 6.90. The highest BCUT2D eigenvalue weighted by molar-refractivity contribution is 9.11. The molecule has 0 fully saturated rings. The number of carboxylic acids is 1. The minimum absolute atomic E-state index is 0.0301. The summed E-state index contributed by atoms with van der Waals surface area (Å²) >= 11 is 6.27. The Hall–Kier alpha value is -0.600. The molecule has 17 heavy (non-hydrogen) atoms. The third-order valence-electron chi connectivity index (χ3n) is 1.92. The molecule has 1 aromatic carbocycles. The Balaban J connectivity index is 3.37. The molecule has 94 valence electrons. The van der Waals surface area contributed by atoms with Crippen molar-refractivity contribution in [3.63, 3.8) is 0 Å². The van der Waals surface area contributed by atoms with Crippen molar-refractivity contribution in [1.82, 2.24) is 0 Å². The zero-order valence-corrected chi connectivity index (χ0v) is 12.7. The SMILES string of the molecule is CCS(=O)(=O)Nc1c(Br)cc(Br)cc1C(=O)O. The number of benzene rings is 1. The molecule has 1 aromatic rings. The summed E-state index contributed by atoms with van der Waals surface area (Å²) in [6.45, 7) is 1.47. The van der Waals surface area contributed by atoms with Gasteiger partial charge in [-0.15, -0.1) is 0 Å². The summed E-state index contributed by atoms with van der Waals surface area (Å²) < 4.78 is 26.0. The summed E-state index contributed by atoms with van der Waals surface area (Å²) in [6.07, 6.45) is 0. The van der Waals surface area contributed by atoms with Crippen LogP contribution < -0.4 is 4.72 Å². The Morgan fingerprint density at radius 3 is 2.47 bits per heavy atom. The first kappa shape index (κ1) is 14.5. The molecule has 1 rings (SSSR count). The molecule has 0 unspecified atom stereocenters. The van der Waals surface area contributed by atoms with E-state index in [2.05, 4.69) is 36.6 Å². The van der Waals surface area contributed by atoms with Gasteiger partial charge in [0.25, 0.3) is 0 Å². The predicted octanol–water partition coefficient (Wildman–Crippen LogP) is 2.67. The quantitative estimate of drug-likeness (QED) is 0.833. The van der Waals surface area contributed by atoms with Crippen LogP contribution in [0, 0.1) is 0 Å². The molecule has 5 nitrogen and oxygen atoms in total. The van der Waals surface area contributed by atoms with E-state index in [1.165, 1.54) is 13.0 Å². The largest absolute Gasteiger partial charge is 0.478 e. The number of hydrogen-bond donors (Lipinski definition) is 2. The number of carboxylic acid groups (broad SMARTS) is 1. The van der Waals surface area contributed by atoms with Gasteiger partial charge in [0, 0.05) is 8.95 Å². The van der Waals surface area contributed by atoms with Crippen LogP contribution in [0.2, 0.25) is 0 Å². The van der Waals surface area contributed by atoms with E-state index in [1.807, 2.05) is 0 Å². The van der Waals surface area contributed by atoms with E-state index in [9.17, 15) is 13.2 Å². The monoisotopic (exact) mass is 385 g/mol. The van der Waals surface area contributed by atoms with Crippen molar-refractivity contribution < 1.29 is 18.3 Å². The number of hydrogen-bond acceptors (Lipinski definition) is 3. The fourth-order valence-corrected chi connectivity index (χ4v) is 3.20. The molecule has 0 heterocycles. The summed E-state index contributed by atoms with van der Waals surface area (Å²) in [6, 6.07) is 2.90. The van der Waals surface area contributed by atoms with Crippen molar-refractivity contribution in [2.24, 2.45) is 0 Å². The van der Waals surface area contributed by atoms with Gasteiger partial charge in [0.1, 0.15) is 0 Å². The van der Waals surface area contributed by atoms with E-state index in [0.717, 1.165) is 0 Å². The lowest BCUT2D eigenvalue weighted by Gasteiger charge is -2.11. The lowest BCUT2D eigenvalue weighted by molar-refractivity contribution is 0.0698. The number of carbonyl (C=O) groups is 1. The summed E-state index contributed by atoms with van der Waals surface area (Å²) in [5.41, 5.74) is -0.0918. The van der Waals surface area contributed by atoms with Crippen LogP contribution >= 0.6 is 31.9 Å². The minimum Gasteiger partial charge on any atom is -0.478 e. The Labute approximate surface area is 116 Å². The summed E-state index contributed by atoms with van der Waals surface area (Å²) in [5.74, 6) is -1.34. The molecule has 0 aliphatic heterocycles. The number of aromatic carboxylic acids is 1. The normalized spacial score (nSPS) is 11.2. The molecule has 2 N–H and O–H groups in total. The topological polar surface area (TPSA) is 83.5 Å². The van der Waals surface area contributed by atoms with E-state index in [0.29, 0.717) is 8.95 Å². The fraction of sp³-hybridized carbons (Fsp3) is 0.222. The maximum Gasteiger partial charge on any atom is 0.337 e. The van der Waals surface area contributed by atoms with Gasteiger partial charge in [0.15, 0.2) is 0 Å². The van der Waals surface area contributed by atoms with Crippen molar-refractivity contribution >= 4 is 53.5 Å². The van der Waals surface area contributed by atoms with Gasteiger partial charge in [0.2, 0.25) is 10.0 Å². The molecular weight excluding hydrogens is 378 g/mol. The predicted molar refractivity (Wildman–Crippen MR) is 71.9 cm³/mol. The molecular formula is C9H9Br2NO4S. The smallest absolute Gasteiger partial charge is 0.337 e. The fourth-order valence-electron chi connectivity index (χ4n) is 1.07. The Kier molecular flexibility index (Phi) is 4.56. The van der Waals surface area contributed by atoms with Gasteiger partial charge >= 0.3 is 5.97 Å². The summed E-state index contributed by atoms with van der Waals surface area (Å²) in [4.78, 5) is 11.0. The maximum absolute atomic E-state index is 11.4. The highest BCUT2D eigenvalue weighted by Gasteiger charge is 2.18. The number of sulfonamides is 1. The third-order valence-corrected chi connectivity index (χ3v) is 4.28. The van der Waals surface area contributed by atoms with Crippen molar-refractivity contribution in [2.45, 2.75) is 6.92 Å². The van der Waals surface area contributed by atoms with Gasteiger partial charge < -0.3 is 5.11 Å². The number of rotatable bonds is 4. The van der Waals surface area contributed by atoms with Gasteiger partial charge in [-0.25, -0.2) is 13.2 Å². The van der Waals surface area contributed by atoms with Crippen LogP contribution in [0.5, 0.6) is 0 Å². The van der Waals surface area contributed by atoms with Crippen molar-refractivity contribution in [3.8, 4) is 0 Å². The van der Waals surface area contributed by atoms with Crippen LogP contribution in [-0.2, 0) is 10.0 Å². The van der Waals surface area contributed by atoms with Crippen LogP contribution in [-0.4, -0.2) is 25.2 Å². The number of nitrogens with one attached hydrogen (secondary N) is 1. The van der Waals surface area contributed by atoms with Gasteiger partial charge in [0.05, 0.1) is 17.0 Å². The average molecular weight is 387 g/mol. The molecule has 0 bridgehead atoms. The molecule has 0 atom stereocenters. The Morgan fingerprint density at radius 2 is 2.00 bits per heavy atom. The number of anilines is 1. The lowest BCUT2D eigenvalue weighted by atomic mass is 10.2. The van der Waals surface area contributed by atoms with Crippen LogP contribution in [0.3, 0.4) is 0 Å². The minimum atomic E-state index is -3.52. The molecule has 8 heteroatoms. The highest BCUT2D eigenvalue weighted by atomic mass is 79.9. The third kappa shape index (κ3) is 3.68. The van der Waals surface area contributed by atoms with Gasteiger partial charge in [-0.05, 0) is 35.0 Å². The van der Waals surface area contributed by atoms with Crippen molar-refractivity contribution in [3.05, 3.63) is 26.6 Å². The van der Waals surface area contributed by atoms with Crippen molar-refractivity contribution in [2.75, 3.05) is 10.5 Å². The first-order valence-electron chi connectivity index (χ1n) is 4.49. The van der Waals surface area contributed by atoms with Crippen LogP contribution in [0.4, 0.5) is 5.69 Å². The Bertz CT molecular complexity index is 556. The summed E-state index contributed by atoms with van der Waals surface area (Å²) in [5, 5.41) is 9.01. The standard InChI is InChI=1S/C9H9Br2NO4S/c1-2-17(15,16)12-8-6(9(13)14)3-5(10)4-7(8)11/h3-4,12H,2H2,1H3,(H,13,14). The van der Waals surface area contributed by atoms with Crippen LogP contribution in [0.1, 0.15) is 17.3 Å². The lowest BCUT2D eigenvalue weighted by Crippen LogP contribution is -2.17. The molecule has 0 aromatic heterocycles. The molecule has 0 aliphatic carbocycles. The molecule has 0 spiro atoms. The number of halogens is 2. The molecule has 0 radical (unpaired) electrons. The van der Waals surface area contributed by atoms with Crippen LogP contribution in [0.15, 0.2) is 21.1 Å². The van der Waals surface area contributed by atoms with Gasteiger partial charge in [-0.3, -0.25) is 4.72 Å². The van der Waals surface area contributed by atoms with E-state index in [1.54, 1.807) is 6.07 Å². The second-order valence-electron chi connectivity index (χ2n) is 3.12. The van der Waals surface area contributed by atoms with E-state index >= 15 is 0 Å². The van der Waals surface area contributed by atoms with Gasteiger partial charge in [-0.1, -0.05) is 15.9 Å².